The number of anilines is 1. The molecule has 1 saturated carbocycles. The molecule has 1 heterocycles. The van der Waals surface area contributed by atoms with E-state index in [4.69, 9.17) is 0 Å². The molecule has 5 nitrogen and oxygen atoms in total. The Labute approximate surface area is 119 Å². The quantitative estimate of drug-likeness (QED) is 0.932. The molecule has 1 aromatic carbocycles. The molecule has 20 heavy (non-hydrogen) atoms. The normalized spacial score (nSPS) is 26.4. The molecule has 106 valence electrons. The Kier molecular flexibility index (Phi) is 3.67. The van der Waals surface area contributed by atoms with Gasteiger partial charge in [-0.1, -0.05) is 26.0 Å². The Bertz CT molecular complexity index is 551. The molecule has 0 saturated heterocycles. The van der Waals surface area contributed by atoms with E-state index in [9.17, 15) is 0 Å². The van der Waals surface area contributed by atoms with Gasteiger partial charge in [-0.15, -0.1) is 5.10 Å². The zero-order chi connectivity index (χ0) is 13.9. The third-order valence-electron chi connectivity index (χ3n) is 4.46. The number of nitrogens with one attached hydrogen (secondary N) is 1. The molecular weight excluding hydrogens is 250 g/mol. The molecule has 1 N–H and O–H groups in total. The number of aromatic nitrogens is 4. The highest BCUT2D eigenvalue weighted by molar-refractivity contribution is 5.60. The molecule has 1 aromatic heterocycles. The average Bonchev–Trinajstić information content (AvgIpc) is 2.97. The van der Waals surface area contributed by atoms with Gasteiger partial charge in [0.2, 0.25) is 0 Å². The minimum atomic E-state index is 0.541. The maximum atomic E-state index is 3.98. The van der Waals surface area contributed by atoms with Crippen LogP contribution in [-0.2, 0) is 0 Å². The Morgan fingerprint density at radius 1 is 1.15 bits per heavy atom. The van der Waals surface area contributed by atoms with E-state index >= 15 is 0 Å². The molecule has 3 unspecified atom stereocenters. The molecule has 0 bridgehead atoms. The fourth-order valence-electron chi connectivity index (χ4n) is 2.97. The minimum absolute atomic E-state index is 0.541. The topological polar surface area (TPSA) is 55.6 Å². The predicted octanol–water partition coefficient (Wildman–Crippen LogP) is 2.90. The maximum absolute atomic E-state index is 3.98. The molecule has 0 aliphatic heterocycles. The molecular formula is C15H21N5. The summed E-state index contributed by atoms with van der Waals surface area (Å²) in [5.74, 6) is 1.62. The van der Waals surface area contributed by atoms with Gasteiger partial charge in [-0.25, -0.2) is 0 Å². The summed E-state index contributed by atoms with van der Waals surface area (Å²) in [7, 11) is 0. The number of rotatable bonds is 3. The van der Waals surface area contributed by atoms with Crippen LogP contribution in [0.5, 0.6) is 0 Å². The maximum Gasteiger partial charge on any atom is 0.143 e. The van der Waals surface area contributed by atoms with Gasteiger partial charge in [0.15, 0.2) is 0 Å². The summed E-state index contributed by atoms with van der Waals surface area (Å²) in [6.07, 6.45) is 5.39. The van der Waals surface area contributed by atoms with Gasteiger partial charge in [0.25, 0.3) is 0 Å². The lowest BCUT2D eigenvalue weighted by Gasteiger charge is -2.33. The summed E-state index contributed by atoms with van der Waals surface area (Å²) >= 11 is 0. The fraction of sp³-hybridized carbons (Fsp3) is 0.533. The van der Waals surface area contributed by atoms with Crippen molar-refractivity contribution in [3.63, 3.8) is 0 Å². The van der Waals surface area contributed by atoms with Crippen molar-refractivity contribution < 1.29 is 0 Å². The zero-order valence-corrected chi connectivity index (χ0v) is 12.0. The largest absolute Gasteiger partial charge is 0.381 e. The number of hydrogen-bond acceptors (Lipinski definition) is 4. The van der Waals surface area contributed by atoms with Gasteiger partial charge in [0.1, 0.15) is 6.33 Å². The smallest absolute Gasteiger partial charge is 0.143 e. The van der Waals surface area contributed by atoms with Crippen LogP contribution in [0.15, 0.2) is 30.6 Å². The van der Waals surface area contributed by atoms with E-state index in [1.54, 1.807) is 11.0 Å². The van der Waals surface area contributed by atoms with Gasteiger partial charge in [0, 0.05) is 6.04 Å². The van der Waals surface area contributed by atoms with Gasteiger partial charge in [-0.3, -0.25) is 0 Å². The highest BCUT2D eigenvalue weighted by Gasteiger charge is 2.24. The molecule has 0 amide bonds. The number of benzene rings is 1. The monoisotopic (exact) mass is 271 g/mol. The van der Waals surface area contributed by atoms with Gasteiger partial charge >= 0.3 is 0 Å². The van der Waals surface area contributed by atoms with E-state index in [-0.39, 0.29) is 0 Å². The van der Waals surface area contributed by atoms with Gasteiger partial charge < -0.3 is 5.32 Å². The summed E-state index contributed by atoms with van der Waals surface area (Å²) in [4.78, 5) is 0. The van der Waals surface area contributed by atoms with Crippen LogP contribution >= 0.6 is 0 Å². The van der Waals surface area contributed by atoms with Gasteiger partial charge in [0.05, 0.1) is 11.4 Å². The molecule has 0 radical (unpaired) electrons. The average molecular weight is 271 g/mol. The molecule has 3 atom stereocenters. The van der Waals surface area contributed by atoms with Gasteiger partial charge in [-0.05, 0) is 53.7 Å². The van der Waals surface area contributed by atoms with Crippen molar-refractivity contribution in [1.82, 2.24) is 20.2 Å². The van der Waals surface area contributed by atoms with Crippen LogP contribution in [0.25, 0.3) is 5.69 Å². The first-order chi connectivity index (χ1) is 9.74. The third-order valence-corrected chi connectivity index (χ3v) is 4.46. The molecule has 3 rings (SSSR count). The zero-order valence-electron chi connectivity index (χ0n) is 12.0. The Morgan fingerprint density at radius 3 is 2.75 bits per heavy atom. The predicted molar refractivity (Wildman–Crippen MR) is 78.7 cm³/mol. The summed E-state index contributed by atoms with van der Waals surface area (Å²) in [5.41, 5.74) is 2.11. The van der Waals surface area contributed by atoms with Crippen LogP contribution in [-0.4, -0.2) is 26.2 Å². The minimum Gasteiger partial charge on any atom is -0.381 e. The van der Waals surface area contributed by atoms with Crippen LogP contribution in [0, 0.1) is 11.8 Å². The lowest BCUT2D eigenvalue weighted by atomic mass is 9.79. The molecule has 0 spiro atoms. The standard InChI is InChI=1S/C15H21N5/c1-11-7-8-13(9-12(11)2)17-14-5-3-4-6-15(14)20-10-16-18-19-20/h3-6,10-13,17H,7-9H2,1-2H3. The van der Waals surface area contributed by atoms with Crippen molar-refractivity contribution in [2.45, 2.75) is 39.2 Å². The summed E-state index contributed by atoms with van der Waals surface area (Å²) < 4.78 is 1.71. The summed E-state index contributed by atoms with van der Waals surface area (Å²) in [6, 6.07) is 8.73. The van der Waals surface area contributed by atoms with Crippen molar-refractivity contribution in [2.24, 2.45) is 11.8 Å². The van der Waals surface area contributed by atoms with E-state index in [0.29, 0.717) is 6.04 Å². The van der Waals surface area contributed by atoms with Crippen molar-refractivity contribution in [3.05, 3.63) is 30.6 Å². The van der Waals surface area contributed by atoms with Crippen molar-refractivity contribution >= 4 is 5.69 Å². The van der Waals surface area contributed by atoms with E-state index < -0.39 is 0 Å². The first-order valence-corrected chi connectivity index (χ1v) is 7.33. The van der Waals surface area contributed by atoms with E-state index in [0.717, 1.165) is 23.2 Å². The number of hydrogen-bond donors (Lipinski definition) is 1. The number of nitrogens with zero attached hydrogens (tertiary/aromatic N) is 4. The molecule has 2 aromatic rings. The van der Waals surface area contributed by atoms with Gasteiger partial charge in [-0.2, -0.15) is 4.68 Å². The number of para-hydroxylation sites is 2. The van der Waals surface area contributed by atoms with Crippen molar-refractivity contribution in [2.75, 3.05) is 5.32 Å². The first-order valence-electron chi connectivity index (χ1n) is 7.33. The van der Waals surface area contributed by atoms with Crippen LogP contribution in [0.4, 0.5) is 5.69 Å². The summed E-state index contributed by atoms with van der Waals surface area (Å²) in [6.45, 7) is 4.71. The Balaban J connectivity index is 1.78. The van der Waals surface area contributed by atoms with E-state index in [2.05, 4.69) is 40.8 Å². The summed E-state index contributed by atoms with van der Waals surface area (Å²) in [5, 5.41) is 15.1. The molecule has 5 heteroatoms. The first kappa shape index (κ1) is 13.1. The third kappa shape index (κ3) is 2.66. The second-order valence-corrected chi connectivity index (χ2v) is 5.88. The highest BCUT2D eigenvalue weighted by atomic mass is 15.5. The Hall–Kier alpha value is -1.91. The lowest BCUT2D eigenvalue weighted by molar-refractivity contribution is 0.261. The SMILES string of the molecule is CC1CCC(Nc2ccccc2-n2cnnn2)CC1C. The van der Waals surface area contributed by atoms with Crippen molar-refractivity contribution in [1.29, 1.82) is 0 Å². The van der Waals surface area contributed by atoms with Crippen LogP contribution < -0.4 is 5.32 Å². The molecule has 1 aliphatic carbocycles. The number of tetrazole rings is 1. The molecule has 1 aliphatic rings. The fourth-order valence-corrected chi connectivity index (χ4v) is 2.97. The van der Waals surface area contributed by atoms with Crippen LogP contribution in [0.1, 0.15) is 33.1 Å². The van der Waals surface area contributed by atoms with E-state index in [1.165, 1.54) is 19.3 Å². The highest BCUT2D eigenvalue weighted by Crippen LogP contribution is 2.32. The van der Waals surface area contributed by atoms with E-state index in [1.807, 2.05) is 18.2 Å². The second kappa shape index (κ2) is 5.61. The lowest BCUT2D eigenvalue weighted by Crippen LogP contribution is -2.30. The van der Waals surface area contributed by atoms with Crippen molar-refractivity contribution in [3.8, 4) is 5.69 Å². The Morgan fingerprint density at radius 2 is 2.00 bits per heavy atom. The molecule has 1 fully saturated rings. The van der Waals surface area contributed by atoms with Crippen LogP contribution in [0.3, 0.4) is 0 Å². The van der Waals surface area contributed by atoms with Crippen LogP contribution in [0.2, 0.25) is 0 Å². The second-order valence-electron chi connectivity index (χ2n) is 5.88.